The van der Waals surface area contributed by atoms with E-state index in [-0.39, 0.29) is 32.7 Å². The number of carboxylic acid groups (broad SMARTS) is 1. The predicted octanol–water partition coefficient (Wildman–Crippen LogP) is 1.57. The summed E-state index contributed by atoms with van der Waals surface area (Å²) in [5.74, 6) is -0.877. The van der Waals surface area contributed by atoms with Crippen molar-refractivity contribution in [3.05, 3.63) is 71.9 Å². The lowest BCUT2D eigenvalue weighted by atomic mass is 10.1. The molecule has 10 nitrogen and oxygen atoms in total. The van der Waals surface area contributed by atoms with Crippen LogP contribution in [0.3, 0.4) is 0 Å². The van der Waals surface area contributed by atoms with Gasteiger partial charge in [-0.15, -0.1) is 0 Å². The maximum Gasteiger partial charge on any atom is 0.322 e. The number of nitrogens with one attached hydrogen (secondary N) is 1. The number of rotatable bonds is 9. The molecule has 1 atom stereocenters. The topological polar surface area (TPSA) is 129 Å². The minimum absolute atomic E-state index is 0.0968. The average molecular weight is 513 g/mol. The molecule has 1 amide bonds. The molecule has 190 valence electrons. The van der Waals surface area contributed by atoms with Gasteiger partial charge in [-0.25, -0.2) is 8.42 Å². The van der Waals surface area contributed by atoms with Crippen molar-refractivity contribution in [2.75, 3.05) is 39.0 Å². The first-order chi connectivity index (χ1) is 17.2. The molecule has 0 bridgehead atoms. The predicted molar refractivity (Wildman–Crippen MR) is 134 cm³/mol. The number of fused-ring (bicyclic) bond motifs is 1. The molecule has 36 heavy (non-hydrogen) atoms. The van der Waals surface area contributed by atoms with E-state index >= 15 is 0 Å². The fraction of sp³-hybridized carbons (Fsp3) is 0.320. The molecular weight excluding hydrogens is 484 g/mol. The van der Waals surface area contributed by atoms with Crippen LogP contribution in [0, 0.1) is 0 Å². The molecule has 0 radical (unpaired) electrons. The molecule has 1 fully saturated rings. The number of ether oxygens (including phenoxy) is 1. The number of carbonyl (C=O) groups is 2. The number of pyridine rings is 1. The Bertz CT molecular complexity index is 1330. The summed E-state index contributed by atoms with van der Waals surface area (Å²) < 4.78 is 30.6. The van der Waals surface area contributed by atoms with Gasteiger partial charge < -0.3 is 15.2 Å². The van der Waals surface area contributed by atoms with E-state index in [0.717, 1.165) is 22.7 Å². The molecule has 1 aliphatic heterocycles. The van der Waals surface area contributed by atoms with Crippen LogP contribution in [0.2, 0.25) is 0 Å². The first-order valence-electron chi connectivity index (χ1n) is 11.5. The van der Waals surface area contributed by atoms with Gasteiger partial charge in [0.05, 0.1) is 11.8 Å². The monoisotopic (exact) mass is 512 g/mol. The van der Waals surface area contributed by atoms with E-state index < -0.39 is 27.9 Å². The first kappa shape index (κ1) is 25.5. The zero-order valence-electron chi connectivity index (χ0n) is 19.8. The fourth-order valence-electron chi connectivity index (χ4n) is 4.16. The smallest absolute Gasteiger partial charge is 0.322 e. The maximum absolute atomic E-state index is 12.6. The number of carboxylic acids is 1. The van der Waals surface area contributed by atoms with Crippen molar-refractivity contribution >= 4 is 32.8 Å². The molecule has 0 aliphatic carbocycles. The SMILES string of the molecule is CS(=O)(=O)N1CCN(C(CNC(=O)c2ccc(OCc3ccnc4ccccc34)cc2)C(=O)O)CC1. The van der Waals surface area contributed by atoms with Crippen LogP contribution in [-0.4, -0.2) is 84.6 Å². The van der Waals surface area contributed by atoms with Crippen molar-refractivity contribution in [3.63, 3.8) is 0 Å². The number of hydrogen-bond acceptors (Lipinski definition) is 7. The van der Waals surface area contributed by atoms with Crippen LogP contribution in [-0.2, 0) is 21.4 Å². The summed E-state index contributed by atoms with van der Waals surface area (Å²) in [7, 11) is -3.31. The Kier molecular flexibility index (Phi) is 7.82. The van der Waals surface area contributed by atoms with Gasteiger partial charge in [-0.05, 0) is 36.4 Å². The second kappa shape index (κ2) is 11.0. The third-order valence-corrected chi connectivity index (χ3v) is 7.48. The Morgan fingerprint density at radius 1 is 1.06 bits per heavy atom. The molecule has 1 aromatic heterocycles. The van der Waals surface area contributed by atoms with Crippen molar-refractivity contribution < 1.29 is 27.9 Å². The van der Waals surface area contributed by atoms with Crippen LogP contribution in [0.15, 0.2) is 60.8 Å². The van der Waals surface area contributed by atoms with Gasteiger partial charge in [0, 0.05) is 55.4 Å². The van der Waals surface area contributed by atoms with Crippen LogP contribution in [0.25, 0.3) is 10.9 Å². The normalized spacial score (nSPS) is 15.9. The summed E-state index contributed by atoms with van der Waals surface area (Å²) in [6.45, 7) is 1.24. The van der Waals surface area contributed by atoms with Gasteiger partial charge in [-0.1, -0.05) is 18.2 Å². The van der Waals surface area contributed by atoms with Gasteiger partial charge in [0.15, 0.2) is 0 Å². The van der Waals surface area contributed by atoms with Gasteiger partial charge in [0.2, 0.25) is 10.0 Å². The van der Waals surface area contributed by atoms with Crippen molar-refractivity contribution in [1.82, 2.24) is 19.5 Å². The summed E-state index contributed by atoms with van der Waals surface area (Å²) in [4.78, 5) is 30.4. The van der Waals surface area contributed by atoms with Gasteiger partial charge >= 0.3 is 5.97 Å². The highest BCUT2D eigenvalue weighted by Gasteiger charge is 2.31. The molecule has 4 rings (SSSR count). The minimum Gasteiger partial charge on any atom is -0.489 e. The molecule has 2 heterocycles. The molecule has 2 aromatic carbocycles. The number of nitrogens with zero attached hydrogens (tertiary/aromatic N) is 3. The Morgan fingerprint density at radius 2 is 1.75 bits per heavy atom. The Labute approximate surface area is 209 Å². The number of aliphatic carboxylic acids is 1. The largest absolute Gasteiger partial charge is 0.489 e. The van der Waals surface area contributed by atoms with Crippen LogP contribution < -0.4 is 10.1 Å². The van der Waals surface area contributed by atoms with E-state index in [4.69, 9.17) is 4.74 Å². The summed E-state index contributed by atoms with van der Waals surface area (Å²) >= 11 is 0. The zero-order chi connectivity index (χ0) is 25.7. The van der Waals surface area contributed by atoms with Gasteiger partial charge in [0.25, 0.3) is 5.91 Å². The standard InChI is InChI=1S/C25H28N4O6S/c1-36(33,34)29-14-12-28(13-15-29)23(25(31)32)16-27-24(30)18-6-8-20(9-7-18)35-17-19-10-11-26-22-5-3-2-4-21(19)22/h2-11,23H,12-17H2,1H3,(H,27,30)(H,31,32). The van der Waals surface area contributed by atoms with E-state index in [1.165, 1.54) is 4.31 Å². The van der Waals surface area contributed by atoms with E-state index in [1.807, 2.05) is 30.3 Å². The molecular formula is C25H28N4O6S. The van der Waals surface area contributed by atoms with Crippen molar-refractivity contribution in [2.45, 2.75) is 12.6 Å². The molecule has 0 saturated carbocycles. The number of amides is 1. The summed E-state index contributed by atoms with van der Waals surface area (Å²) in [6.07, 6.45) is 2.87. The Morgan fingerprint density at radius 3 is 2.42 bits per heavy atom. The van der Waals surface area contributed by atoms with Gasteiger partial charge in [0.1, 0.15) is 18.4 Å². The second-order valence-corrected chi connectivity index (χ2v) is 10.5. The third-order valence-electron chi connectivity index (χ3n) is 6.17. The third kappa shape index (κ3) is 6.17. The second-order valence-electron chi connectivity index (χ2n) is 8.56. The number of carbonyl (C=O) groups excluding carboxylic acids is 1. The number of hydrogen-bond donors (Lipinski definition) is 2. The summed E-state index contributed by atoms with van der Waals surface area (Å²) in [5, 5.41) is 13.3. The molecule has 0 spiro atoms. The molecule has 3 aromatic rings. The highest BCUT2D eigenvalue weighted by molar-refractivity contribution is 7.88. The maximum atomic E-state index is 12.6. The first-order valence-corrected chi connectivity index (χ1v) is 13.3. The minimum atomic E-state index is -3.31. The number of para-hydroxylation sites is 1. The van der Waals surface area contributed by atoms with Gasteiger partial charge in [-0.2, -0.15) is 4.31 Å². The quantitative estimate of drug-likeness (QED) is 0.442. The molecule has 1 saturated heterocycles. The fourth-order valence-corrected chi connectivity index (χ4v) is 4.98. The number of piperazine rings is 1. The van der Waals surface area contributed by atoms with E-state index in [1.54, 1.807) is 35.4 Å². The Hall–Kier alpha value is -3.54. The summed E-state index contributed by atoms with van der Waals surface area (Å²) in [5.41, 5.74) is 2.27. The molecule has 11 heteroatoms. The lowest BCUT2D eigenvalue weighted by Gasteiger charge is -2.36. The lowest BCUT2D eigenvalue weighted by molar-refractivity contribution is -0.143. The van der Waals surface area contributed by atoms with Crippen molar-refractivity contribution in [1.29, 1.82) is 0 Å². The number of benzene rings is 2. The van der Waals surface area contributed by atoms with E-state index in [9.17, 15) is 23.1 Å². The zero-order valence-corrected chi connectivity index (χ0v) is 20.6. The molecule has 1 aliphatic rings. The number of aromatic nitrogens is 1. The lowest BCUT2D eigenvalue weighted by Crippen LogP contribution is -2.56. The highest BCUT2D eigenvalue weighted by atomic mass is 32.2. The molecule has 2 N–H and O–H groups in total. The van der Waals surface area contributed by atoms with Gasteiger partial charge in [-0.3, -0.25) is 19.5 Å². The van der Waals surface area contributed by atoms with Crippen molar-refractivity contribution in [2.24, 2.45) is 0 Å². The summed E-state index contributed by atoms with van der Waals surface area (Å²) in [6, 6.07) is 15.4. The van der Waals surface area contributed by atoms with E-state index in [2.05, 4.69) is 10.3 Å². The van der Waals surface area contributed by atoms with E-state index in [0.29, 0.717) is 17.9 Å². The number of sulfonamides is 1. The van der Waals surface area contributed by atoms with Crippen LogP contribution in [0.1, 0.15) is 15.9 Å². The van der Waals surface area contributed by atoms with Crippen LogP contribution in [0.4, 0.5) is 0 Å². The molecule has 1 unspecified atom stereocenters. The van der Waals surface area contributed by atoms with Crippen LogP contribution in [0.5, 0.6) is 5.75 Å². The van der Waals surface area contributed by atoms with Crippen LogP contribution >= 0.6 is 0 Å². The highest BCUT2D eigenvalue weighted by Crippen LogP contribution is 2.19. The average Bonchev–Trinajstić information content (AvgIpc) is 2.87. The van der Waals surface area contributed by atoms with Crippen molar-refractivity contribution in [3.8, 4) is 5.75 Å². The Balaban J connectivity index is 1.31.